The molecule has 0 saturated heterocycles. The smallest absolute Gasteiger partial charge is 0.131 e. The van der Waals surface area contributed by atoms with Gasteiger partial charge in [0.05, 0.1) is 13.2 Å². The monoisotopic (exact) mass is 292 g/mol. The van der Waals surface area contributed by atoms with E-state index in [1.165, 1.54) is 7.11 Å². The van der Waals surface area contributed by atoms with Crippen LogP contribution in [0.5, 0.6) is 17.2 Å². The van der Waals surface area contributed by atoms with Crippen molar-refractivity contribution in [3.63, 3.8) is 0 Å². The summed E-state index contributed by atoms with van der Waals surface area (Å²) in [6, 6.07) is 3.29. The summed E-state index contributed by atoms with van der Waals surface area (Å²) in [4.78, 5) is 0. The average molecular weight is 292 g/mol. The molecule has 0 aromatic heterocycles. The van der Waals surface area contributed by atoms with Crippen molar-refractivity contribution < 1.29 is 24.8 Å². The summed E-state index contributed by atoms with van der Waals surface area (Å²) in [5.41, 5.74) is -0.328. The number of aromatic hydroxyl groups is 1. The number of fused-ring (bicyclic) bond motifs is 1. The summed E-state index contributed by atoms with van der Waals surface area (Å²) in [7, 11) is 1.53. The molecule has 5 nitrogen and oxygen atoms in total. The summed E-state index contributed by atoms with van der Waals surface area (Å²) >= 11 is 0. The van der Waals surface area contributed by atoms with E-state index in [9.17, 15) is 15.3 Å². The SMILES string of the molecule is COc1cc(O)c2c(c1)OC([C@]1(O)C=C[C@H](O)CC1)CC2. The van der Waals surface area contributed by atoms with E-state index in [0.717, 1.165) is 5.56 Å². The zero-order valence-electron chi connectivity index (χ0n) is 12.0. The second-order valence-corrected chi connectivity index (χ2v) is 5.72. The maximum atomic E-state index is 10.7. The van der Waals surface area contributed by atoms with Crippen LogP contribution in [0, 0.1) is 0 Å². The Morgan fingerprint density at radius 1 is 1.33 bits per heavy atom. The molecule has 1 aromatic carbocycles. The van der Waals surface area contributed by atoms with Crippen molar-refractivity contribution in [3.8, 4) is 17.2 Å². The van der Waals surface area contributed by atoms with Crippen molar-refractivity contribution in [1.29, 1.82) is 0 Å². The lowest BCUT2D eigenvalue weighted by atomic mass is 9.81. The molecule has 2 aliphatic rings. The Morgan fingerprint density at radius 3 is 2.81 bits per heavy atom. The first-order chi connectivity index (χ1) is 10.0. The molecule has 1 aliphatic carbocycles. The van der Waals surface area contributed by atoms with Gasteiger partial charge in [-0.2, -0.15) is 0 Å². The number of rotatable bonds is 2. The van der Waals surface area contributed by atoms with Crippen molar-refractivity contribution in [2.45, 2.75) is 43.5 Å². The molecule has 3 rings (SSSR count). The van der Waals surface area contributed by atoms with E-state index in [2.05, 4.69) is 0 Å². The molecule has 0 fully saturated rings. The molecule has 0 radical (unpaired) electrons. The fourth-order valence-corrected chi connectivity index (χ4v) is 3.02. The number of methoxy groups -OCH3 is 1. The molecule has 0 saturated carbocycles. The van der Waals surface area contributed by atoms with Gasteiger partial charge in [0.1, 0.15) is 29.0 Å². The van der Waals surface area contributed by atoms with E-state index >= 15 is 0 Å². The van der Waals surface area contributed by atoms with Crippen LogP contribution in [-0.2, 0) is 6.42 Å². The number of phenolic OH excluding ortho intramolecular Hbond substituents is 1. The van der Waals surface area contributed by atoms with E-state index in [1.54, 1.807) is 24.3 Å². The average Bonchev–Trinajstić information content (AvgIpc) is 2.49. The predicted octanol–water partition coefficient (Wildman–Crippen LogP) is 1.54. The molecule has 3 N–H and O–H groups in total. The van der Waals surface area contributed by atoms with Crippen LogP contribution in [0.2, 0.25) is 0 Å². The minimum atomic E-state index is -1.07. The van der Waals surface area contributed by atoms with E-state index in [-0.39, 0.29) is 11.9 Å². The summed E-state index contributed by atoms with van der Waals surface area (Å²) in [5.74, 6) is 1.23. The molecule has 114 valence electrons. The Balaban J connectivity index is 1.87. The number of benzene rings is 1. The summed E-state index contributed by atoms with van der Waals surface area (Å²) in [6.07, 6.45) is 4.59. The van der Waals surface area contributed by atoms with Gasteiger partial charge in [0.15, 0.2) is 0 Å². The maximum Gasteiger partial charge on any atom is 0.131 e. The molecule has 0 amide bonds. The molecule has 3 atom stereocenters. The van der Waals surface area contributed by atoms with Gasteiger partial charge < -0.3 is 24.8 Å². The number of aliphatic hydroxyl groups is 2. The third-order valence-corrected chi connectivity index (χ3v) is 4.33. The van der Waals surface area contributed by atoms with Crippen molar-refractivity contribution in [3.05, 3.63) is 29.8 Å². The Hall–Kier alpha value is -1.72. The molecular weight excluding hydrogens is 272 g/mol. The van der Waals surface area contributed by atoms with Gasteiger partial charge in [0.2, 0.25) is 0 Å². The fraction of sp³-hybridized carbons (Fsp3) is 0.500. The van der Waals surface area contributed by atoms with E-state index in [0.29, 0.717) is 37.2 Å². The highest BCUT2D eigenvalue weighted by Gasteiger charge is 2.40. The third-order valence-electron chi connectivity index (χ3n) is 4.33. The van der Waals surface area contributed by atoms with Crippen LogP contribution in [0.15, 0.2) is 24.3 Å². The zero-order valence-corrected chi connectivity index (χ0v) is 12.0. The van der Waals surface area contributed by atoms with Crippen molar-refractivity contribution >= 4 is 0 Å². The first-order valence-corrected chi connectivity index (χ1v) is 7.18. The van der Waals surface area contributed by atoms with Gasteiger partial charge in [-0.1, -0.05) is 12.2 Å². The Morgan fingerprint density at radius 2 is 2.14 bits per heavy atom. The van der Waals surface area contributed by atoms with Gasteiger partial charge in [0.25, 0.3) is 0 Å². The number of ether oxygens (including phenoxy) is 2. The van der Waals surface area contributed by atoms with Gasteiger partial charge in [-0.05, 0) is 25.7 Å². The van der Waals surface area contributed by atoms with E-state index in [1.807, 2.05) is 0 Å². The van der Waals surface area contributed by atoms with Crippen LogP contribution in [0.3, 0.4) is 0 Å². The van der Waals surface area contributed by atoms with Crippen molar-refractivity contribution in [2.75, 3.05) is 7.11 Å². The van der Waals surface area contributed by atoms with Gasteiger partial charge in [-0.15, -0.1) is 0 Å². The van der Waals surface area contributed by atoms with Crippen LogP contribution in [0.4, 0.5) is 0 Å². The van der Waals surface area contributed by atoms with Gasteiger partial charge in [-0.3, -0.25) is 0 Å². The molecule has 1 aliphatic heterocycles. The number of hydrogen-bond acceptors (Lipinski definition) is 5. The summed E-state index contributed by atoms with van der Waals surface area (Å²) < 4.78 is 11.0. The molecule has 0 bridgehead atoms. The highest BCUT2D eigenvalue weighted by Crippen LogP contribution is 2.41. The first kappa shape index (κ1) is 14.2. The molecule has 5 heteroatoms. The lowest BCUT2D eigenvalue weighted by Gasteiger charge is -2.39. The molecule has 1 heterocycles. The predicted molar refractivity (Wildman–Crippen MR) is 76.7 cm³/mol. The van der Waals surface area contributed by atoms with Crippen LogP contribution in [0.1, 0.15) is 24.8 Å². The topological polar surface area (TPSA) is 79.2 Å². The standard InChI is InChI=1S/C16H20O5/c1-20-11-8-13(18)12-2-3-15(21-14(12)9-11)16(19)6-4-10(17)5-7-16/h4,6,8-10,15,17-19H,2-3,5,7H2,1H3/t10-,15?,16-/m0/s1. The van der Waals surface area contributed by atoms with Gasteiger partial charge in [-0.25, -0.2) is 0 Å². The maximum absolute atomic E-state index is 10.7. The molecule has 1 unspecified atom stereocenters. The quantitative estimate of drug-likeness (QED) is 0.721. The third kappa shape index (κ3) is 2.59. The van der Waals surface area contributed by atoms with Crippen LogP contribution in [0.25, 0.3) is 0 Å². The van der Waals surface area contributed by atoms with Gasteiger partial charge in [0, 0.05) is 17.7 Å². The fourth-order valence-electron chi connectivity index (χ4n) is 3.02. The Bertz CT molecular complexity index is 568. The van der Waals surface area contributed by atoms with Crippen LogP contribution < -0.4 is 9.47 Å². The van der Waals surface area contributed by atoms with Crippen molar-refractivity contribution in [1.82, 2.24) is 0 Å². The second-order valence-electron chi connectivity index (χ2n) is 5.72. The molecule has 0 spiro atoms. The number of aliphatic hydroxyl groups excluding tert-OH is 1. The summed E-state index contributed by atoms with van der Waals surface area (Å²) in [6.45, 7) is 0. The lowest BCUT2D eigenvalue weighted by Crippen LogP contribution is -2.48. The lowest BCUT2D eigenvalue weighted by molar-refractivity contribution is -0.0509. The molecule has 21 heavy (non-hydrogen) atoms. The van der Waals surface area contributed by atoms with Crippen LogP contribution in [-0.4, -0.2) is 40.2 Å². The molecular formula is C16H20O5. The minimum Gasteiger partial charge on any atom is -0.507 e. The van der Waals surface area contributed by atoms with Crippen LogP contribution >= 0.6 is 0 Å². The van der Waals surface area contributed by atoms with Gasteiger partial charge >= 0.3 is 0 Å². The minimum absolute atomic E-state index is 0.157. The van der Waals surface area contributed by atoms with E-state index in [4.69, 9.17) is 9.47 Å². The highest BCUT2D eigenvalue weighted by atomic mass is 16.5. The highest BCUT2D eigenvalue weighted by molar-refractivity contribution is 5.51. The summed E-state index contributed by atoms with van der Waals surface area (Å²) in [5, 5.41) is 30.2. The first-order valence-electron chi connectivity index (χ1n) is 7.18. The zero-order chi connectivity index (χ0) is 15.0. The Kier molecular flexibility index (Phi) is 3.55. The normalized spacial score (nSPS) is 31.4. The largest absolute Gasteiger partial charge is 0.507 e. The number of hydrogen-bond donors (Lipinski definition) is 3. The van der Waals surface area contributed by atoms with Crippen molar-refractivity contribution in [2.24, 2.45) is 0 Å². The number of phenols is 1. The Labute approximate surface area is 123 Å². The second kappa shape index (κ2) is 5.24. The molecule has 1 aromatic rings. The van der Waals surface area contributed by atoms with E-state index < -0.39 is 11.7 Å².